The molecule has 17 heavy (non-hydrogen) atoms. The third kappa shape index (κ3) is 4.38. The predicted octanol–water partition coefficient (Wildman–Crippen LogP) is 1.44. The summed E-state index contributed by atoms with van der Waals surface area (Å²) in [7, 11) is -3.21. The molecule has 0 bridgehead atoms. The van der Waals surface area contributed by atoms with Crippen LogP contribution in [0.4, 0.5) is 0 Å². The van der Waals surface area contributed by atoms with Crippen molar-refractivity contribution in [3.63, 3.8) is 0 Å². The number of carbonyl (C=O) groups is 1. The number of hydrogen-bond acceptors (Lipinski definition) is 5. The maximum absolute atomic E-state index is 11.0. The van der Waals surface area contributed by atoms with Crippen molar-refractivity contribution in [2.45, 2.75) is 6.92 Å². The van der Waals surface area contributed by atoms with Gasteiger partial charge in [0.05, 0.1) is 7.11 Å². The molecule has 1 rings (SSSR count). The Morgan fingerprint density at radius 3 is 2.29 bits per heavy atom. The van der Waals surface area contributed by atoms with Crippen LogP contribution >= 0.6 is 0 Å². The van der Waals surface area contributed by atoms with Crippen LogP contribution in [0, 0.1) is 6.92 Å². The zero-order valence-electron chi connectivity index (χ0n) is 9.41. The molecule has 0 aliphatic rings. The first kappa shape index (κ1) is 13.4. The van der Waals surface area contributed by atoms with Crippen molar-refractivity contribution in [3.05, 3.63) is 41.2 Å². The highest BCUT2D eigenvalue weighted by Gasteiger charge is 2.12. The van der Waals surface area contributed by atoms with Gasteiger partial charge in [0.1, 0.15) is 0 Å². The van der Waals surface area contributed by atoms with Crippen molar-refractivity contribution >= 4 is 22.8 Å². The van der Waals surface area contributed by atoms with Crippen LogP contribution in [0.5, 0.6) is 0 Å². The minimum absolute atomic E-state index is 0.302. The lowest BCUT2D eigenvalue weighted by atomic mass is 10.1. The van der Waals surface area contributed by atoms with Crippen LogP contribution in [-0.2, 0) is 23.6 Å². The minimum atomic E-state index is -4.16. The van der Waals surface area contributed by atoms with E-state index in [0.717, 1.165) is 12.7 Å². The Morgan fingerprint density at radius 2 is 1.82 bits per heavy atom. The Bertz CT molecular complexity index is 513. The molecule has 0 saturated heterocycles. The molecule has 0 aliphatic heterocycles. The lowest BCUT2D eigenvalue weighted by Crippen LogP contribution is -2.07. The molecule has 6 heteroatoms. The average Bonchev–Trinajstić information content (AvgIpc) is 2.31. The summed E-state index contributed by atoms with van der Waals surface area (Å²) >= 11 is 0. The molecular weight excluding hydrogens is 244 g/mol. The lowest BCUT2D eigenvalue weighted by Gasteiger charge is -2.03. The smallest absolute Gasteiger partial charge is 0.358 e. The molecule has 92 valence electrons. The molecule has 0 amide bonds. The van der Waals surface area contributed by atoms with Gasteiger partial charge in [0, 0.05) is 0 Å². The second-order valence-corrected chi connectivity index (χ2v) is 4.55. The first-order valence-corrected chi connectivity index (χ1v) is 6.04. The maximum atomic E-state index is 11.0. The molecule has 0 atom stereocenters. The highest BCUT2D eigenvalue weighted by molar-refractivity contribution is 7.82. The van der Waals surface area contributed by atoms with Gasteiger partial charge in [0.2, 0.25) is 0 Å². The van der Waals surface area contributed by atoms with Gasteiger partial charge < -0.3 is 4.18 Å². The molecule has 0 aliphatic carbocycles. The van der Waals surface area contributed by atoms with E-state index < -0.39 is 10.4 Å². The average molecular weight is 256 g/mol. The molecular formula is C11H12O5S. The van der Waals surface area contributed by atoms with Gasteiger partial charge in [-0.3, -0.25) is 4.79 Å². The Hall–Kier alpha value is -1.66. The number of allylic oxidation sites excluding steroid dienone is 1. The number of carbonyl (C=O) groups excluding carboxylic acids is 1. The van der Waals surface area contributed by atoms with Crippen LogP contribution in [0.2, 0.25) is 0 Å². The van der Waals surface area contributed by atoms with Crippen LogP contribution in [0.25, 0.3) is 6.08 Å². The maximum Gasteiger partial charge on any atom is 0.448 e. The van der Waals surface area contributed by atoms with Crippen LogP contribution in [0.1, 0.15) is 11.1 Å². The molecule has 0 N–H and O–H groups in total. The summed E-state index contributed by atoms with van der Waals surface area (Å²) in [5, 5.41) is 0. The monoisotopic (exact) mass is 256 g/mol. The summed E-state index contributed by atoms with van der Waals surface area (Å²) in [4.78, 5) is 10.7. The topological polar surface area (TPSA) is 69.7 Å². The second kappa shape index (κ2) is 5.60. The number of rotatable bonds is 5. The molecule has 0 fully saturated rings. The fourth-order valence-corrected chi connectivity index (χ4v) is 1.45. The van der Waals surface area contributed by atoms with E-state index in [1.54, 1.807) is 12.1 Å². The van der Waals surface area contributed by atoms with E-state index in [0.29, 0.717) is 11.8 Å². The van der Waals surface area contributed by atoms with E-state index in [1.165, 1.54) is 6.08 Å². The Balaban J connectivity index is 2.95. The van der Waals surface area contributed by atoms with Crippen LogP contribution in [0.15, 0.2) is 30.0 Å². The van der Waals surface area contributed by atoms with Crippen molar-refractivity contribution < 1.29 is 21.6 Å². The molecule has 0 unspecified atom stereocenters. The molecule has 1 aromatic carbocycles. The summed E-state index contributed by atoms with van der Waals surface area (Å²) < 4.78 is 30.4. The molecule has 0 aromatic heterocycles. The quantitative estimate of drug-likeness (QED) is 0.453. The van der Waals surface area contributed by atoms with Crippen molar-refractivity contribution in [2.75, 3.05) is 7.11 Å². The molecule has 1 aromatic rings. The second-order valence-electron chi connectivity index (χ2n) is 3.23. The van der Waals surface area contributed by atoms with Crippen molar-refractivity contribution in [3.8, 4) is 0 Å². The van der Waals surface area contributed by atoms with E-state index in [9.17, 15) is 13.2 Å². The van der Waals surface area contributed by atoms with E-state index in [1.807, 2.05) is 19.1 Å². The summed E-state index contributed by atoms with van der Waals surface area (Å²) in [6, 6.07) is 7.14. The summed E-state index contributed by atoms with van der Waals surface area (Å²) in [5.74, 6) is -0.337. The van der Waals surface area contributed by atoms with Crippen molar-refractivity contribution in [1.82, 2.24) is 0 Å². The fourth-order valence-electron chi connectivity index (χ4n) is 1.06. The van der Waals surface area contributed by atoms with Gasteiger partial charge in [-0.1, -0.05) is 29.8 Å². The van der Waals surface area contributed by atoms with Crippen LogP contribution in [-0.4, -0.2) is 21.8 Å². The van der Waals surface area contributed by atoms with Gasteiger partial charge in [0.15, 0.2) is 12.0 Å². The number of hydrogen-bond donors (Lipinski definition) is 0. The number of aryl methyl sites for hydroxylation is 1. The van der Waals surface area contributed by atoms with Gasteiger partial charge in [-0.2, -0.15) is 8.42 Å². The van der Waals surface area contributed by atoms with E-state index in [-0.39, 0.29) is 5.76 Å². The lowest BCUT2D eigenvalue weighted by molar-refractivity contribution is -0.106. The van der Waals surface area contributed by atoms with Gasteiger partial charge >= 0.3 is 10.4 Å². The normalized spacial score (nSPS) is 12.2. The zero-order valence-corrected chi connectivity index (χ0v) is 10.2. The largest absolute Gasteiger partial charge is 0.448 e. The molecule has 5 nitrogen and oxygen atoms in total. The third-order valence-electron chi connectivity index (χ3n) is 1.90. The predicted molar refractivity (Wildman–Crippen MR) is 62.2 cm³/mol. The van der Waals surface area contributed by atoms with Crippen LogP contribution < -0.4 is 0 Å². The minimum Gasteiger partial charge on any atom is -0.358 e. The molecule has 0 radical (unpaired) electrons. The van der Waals surface area contributed by atoms with Gasteiger partial charge in [0.25, 0.3) is 0 Å². The number of aldehydes is 1. The Morgan fingerprint density at radius 1 is 1.24 bits per heavy atom. The summed E-state index contributed by atoms with van der Waals surface area (Å²) in [6.07, 6.45) is 1.61. The van der Waals surface area contributed by atoms with Crippen molar-refractivity contribution in [1.29, 1.82) is 0 Å². The van der Waals surface area contributed by atoms with E-state index in [2.05, 4.69) is 8.37 Å². The van der Waals surface area contributed by atoms with Gasteiger partial charge in [-0.15, -0.1) is 0 Å². The summed E-state index contributed by atoms with van der Waals surface area (Å²) in [5.41, 5.74) is 1.71. The summed E-state index contributed by atoms with van der Waals surface area (Å²) in [6.45, 7) is 1.92. The van der Waals surface area contributed by atoms with Crippen molar-refractivity contribution in [2.24, 2.45) is 0 Å². The van der Waals surface area contributed by atoms with E-state index >= 15 is 0 Å². The number of benzene rings is 1. The Labute approximate surface area is 100.0 Å². The Kier molecular flexibility index (Phi) is 4.42. The highest BCUT2D eigenvalue weighted by Crippen LogP contribution is 2.10. The van der Waals surface area contributed by atoms with Crippen LogP contribution in [0.3, 0.4) is 0 Å². The zero-order chi connectivity index (χ0) is 12.9. The van der Waals surface area contributed by atoms with Gasteiger partial charge in [-0.25, -0.2) is 4.18 Å². The van der Waals surface area contributed by atoms with Gasteiger partial charge in [-0.05, 0) is 18.6 Å². The highest BCUT2D eigenvalue weighted by atomic mass is 32.3. The SMILES string of the molecule is COS(=O)(=O)O/C(C=O)=C\c1ccc(C)cc1. The molecule has 0 heterocycles. The first-order chi connectivity index (χ1) is 7.96. The third-order valence-corrected chi connectivity index (χ3v) is 2.71. The molecule has 0 spiro atoms. The first-order valence-electron chi connectivity index (χ1n) is 4.70. The van der Waals surface area contributed by atoms with E-state index in [4.69, 9.17) is 0 Å². The standard InChI is InChI=1S/C11H12O5S/c1-9-3-5-10(6-4-9)7-11(8-12)16-17(13,14)15-2/h3-8H,1-2H3/b11-7-. The molecule has 0 saturated carbocycles. The fraction of sp³-hybridized carbons (Fsp3) is 0.182.